The van der Waals surface area contributed by atoms with Crippen LogP contribution in [0.15, 0.2) is 18.5 Å². The number of hydrogen-bond acceptors (Lipinski definition) is 3. The van der Waals surface area contributed by atoms with Crippen LogP contribution in [0.4, 0.5) is 5.95 Å². The van der Waals surface area contributed by atoms with Crippen LogP contribution >= 0.6 is 11.6 Å². The van der Waals surface area contributed by atoms with Gasteiger partial charge in [0.1, 0.15) is 0 Å². The van der Waals surface area contributed by atoms with E-state index in [9.17, 15) is 0 Å². The molecule has 3 nitrogen and oxygen atoms in total. The Bertz CT molecular complexity index is 256. The third-order valence-corrected chi connectivity index (χ3v) is 1.47. The number of nitrogens with one attached hydrogen (secondary N) is 1. The molecule has 12 heavy (non-hydrogen) atoms. The molecule has 1 N–H and O–H groups in total. The molecule has 0 aliphatic carbocycles. The number of aromatic nitrogens is 2. The molecule has 0 aliphatic heterocycles. The van der Waals surface area contributed by atoms with Gasteiger partial charge in [-0.2, -0.15) is 0 Å². The zero-order valence-electron chi connectivity index (χ0n) is 6.79. The highest BCUT2D eigenvalue weighted by Crippen LogP contribution is 2.01. The third-order valence-electron chi connectivity index (χ3n) is 1.29. The van der Waals surface area contributed by atoms with Gasteiger partial charge in [0, 0.05) is 30.9 Å². The average Bonchev–Trinajstić information content (AvgIpc) is 2.15. The second-order valence-corrected chi connectivity index (χ2v) is 2.46. The summed E-state index contributed by atoms with van der Waals surface area (Å²) in [6.07, 6.45) is 7.20. The molecule has 1 aromatic rings. The predicted octanol–water partition coefficient (Wildman–Crippen LogP) is 1.77. The monoisotopic (exact) mass is 183 g/mol. The Hall–Kier alpha value is -1.09. The molecule has 0 aliphatic rings. The molecule has 4 heteroatoms. The Morgan fingerprint density at radius 1 is 1.50 bits per heavy atom. The van der Waals surface area contributed by atoms with E-state index in [-0.39, 0.29) is 0 Å². The van der Waals surface area contributed by atoms with E-state index in [2.05, 4.69) is 15.3 Å². The van der Waals surface area contributed by atoms with Crippen LogP contribution in [0.3, 0.4) is 0 Å². The fraction of sp³-hybridized carbons (Fsp3) is 0.250. The SMILES string of the molecule is CNc1ncc(C=CCCl)cn1. The average molecular weight is 184 g/mol. The van der Waals surface area contributed by atoms with Gasteiger partial charge in [0.05, 0.1) is 0 Å². The van der Waals surface area contributed by atoms with Crippen molar-refractivity contribution in [3.8, 4) is 0 Å². The summed E-state index contributed by atoms with van der Waals surface area (Å²) >= 11 is 5.47. The summed E-state index contributed by atoms with van der Waals surface area (Å²) in [5.74, 6) is 1.13. The minimum absolute atomic E-state index is 0.508. The first-order valence-corrected chi connectivity index (χ1v) is 4.12. The molecule has 0 fully saturated rings. The Kier molecular flexibility index (Phi) is 3.54. The van der Waals surface area contributed by atoms with Crippen molar-refractivity contribution < 1.29 is 0 Å². The number of allylic oxidation sites excluding steroid dienone is 1. The van der Waals surface area contributed by atoms with Gasteiger partial charge in [-0.05, 0) is 0 Å². The first kappa shape index (κ1) is 9.00. The molecule has 0 saturated carbocycles. The number of alkyl halides is 1. The van der Waals surface area contributed by atoms with Crippen LogP contribution in [-0.4, -0.2) is 22.9 Å². The van der Waals surface area contributed by atoms with Crippen molar-refractivity contribution in [2.75, 3.05) is 18.2 Å². The summed E-state index contributed by atoms with van der Waals surface area (Å²) in [6.45, 7) is 0. The van der Waals surface area contributed by atoms with E-state index in [0.29, 0.717) is 11.8 Å². The summed E-state index contributed by atoms with van der Waals surface area (Å²) in [4.78, 5) is 8.07. The van der Waals surface area contributed by atoms with E-state index >= 15 is 0 Å². The van der Waals surface area contributed by atoms with Crippen molar-refractivity contribution in [2.24, 2.45) is 0 Å². The standard InChI is InChI=1S/C8H10ClN3/c1-10-8-11-5-7(6-12-8)3-2-4-9/h2-3,5-6H,4H2,1H3,(H,10,11,12). The lowest BCUT2D eigenvalue weighted by molar-refractivity contribution is 1.14. The first-order chi connectivity index (χ1) is 5.86. The molecule has 1 aromatic heterocycles. The second kappa shape index (κ2) is 4.72. The highest BCUT2D eigenvalue weighted by molar-refractivity contribution is 6.19. The molecule has 0 spiro atoms. The zero-order valence-corrected chi connectivity index (χ0v) is 7.54. The van der Waals surface area contributed by atoms with Gasteiger partial charge in [-0.25, -0.2) is 9.97 Å². The molecule has 64 valence electrons. The number of rotatable bonds is 3. The summed E-state index contributed by atoms with van der Waals surface area (Å²) in [5.41, 5.74) is 0.953. The Labute approximate surface area is 76.5 Å². The lowest BCUT2D eigenvalue weighted by atomic mass is 10.3. The van der Waals surface area contributed by atoms with Crippen molar-refractivity contribution in [1.82, 2.24) is 9.97 Å². The van der Waals surface area contributed by atoms with E-state index in [4.69, 9.17) is 11.6 Å². The minimum atomic E-state index is 0.508. The van der Waals surface area contributed by atoms with Gasteiger partial charge in [0.25, 0.3) is 0 Å². The number of anilines is 1. The van der Waals surface area contributed by atoms with E-state index in [1.165, 1.54) is 0 Å². The molecule has 0 atom stereocenters. The van der Waals surface area contributed by atoms with E-state index in [1.54, 1.807) is 19.4 Å². The zero-order chi connectivity index (χ0) is 8.81. The molecular formula is C8H10ClN3. The van der Waals surface area contributed by atoms with Crippen LogP contribution in [0, 0.1) is 0 Å². The molecule has 0 unspecified atom stereocenters. The van der Waals surface area contributed by atoms with Crippen LogP contribution < -0.4 is 5.32 Å². The van der Waals surface area contributed by atoms with Crippen molar-refractivity contribution in [3.63, 3.8) is 0 Å². The maximum atomic E-state index is 5.47. The molecule has 0 saturated heterocycles. The molecule has 0 radical (unpaired) electrons. The largest absolute Gasteiger partial charge is 0.357 e. The van der Waals surface area contributed by atoms with Gasteiger partial charge in [-0.3, -0.25) is 0 Å². The number of halogens is 1. The number of nitrogens with zero attached hydrogens (tertiary/aromatic N) is 2. The van der Waals surface area contributed by atoms with Crippen molar-refractivity contribution in [1.29, 1.82) is 0 Å². The normalized spacial score (nSPS) is 10.5. The van der Waals surface area contributed by atoms with E-state index in [1.807, 2.05) is 12.2 Å². The topological polar surface area (TPSA) is 37.8 Å². The van der Waals surface area contributed by atoms with Crippen molar-refractivity contribution >= 4 is 23.6 Å². The van der Waals surface area contributed by atoms with Crippen LogP contribution in [0.5, 0.6) is 0 Å². The molecule has 0 aromatic carbocycles. The lowest BCUT2D eigenvalue weighted by Gasteiger charge is -1.96. The van der Waals surface area contributed by atoms with Crippen LogP contribution in [0.1, 0.15) is 5.56 Å². The summed E-state index contributed by atoms with van der Waals surface area (Å²) < 4.78 is 0. The predicted molar refractivity (Wildman–Crippen MR) is 51.3 cm³/mol. The molecule has 0 bridgehead atoms. The lowest BCUT2D eigenvalue weighted by Crippen LogP contribution is -1.94. The van der Waals surface area contributed by atoms with E-state index < -0.39 is 0 Å². The Balaban J connectivity index is 2.71. The van der Waals surface area contributed by atoms with Gasteiger partial charge in [0.15, 0.2) is 0 Å². The summed E-state index contributed by atoms with van der Waals surface area (Å²) in [7, 11) is 1.78. The van der Waals surface area contributed by atoms with E-state index in [0.717, 1.165) is 5.56 Å². The van der Waals surface area contributed by atoms with Gasteiger partial charge in [-0.15, -0.1) is 11.6 Å². The van der Waals surface area contributed by atoms with Crippen LogP contribution in [0.2, 0.25) is 0 Å². The van der Waals surface area contributed by atoms with Crippen molar-refractivity contribution in [3.05, 3.63) is 24.0 Å². The molecule has 1 rings (SSSR count). The van der Waals surface area contributed by atoms with Crippen molar-refractivity contribution in [2.45, 2.75) is 0 Å². The van der Waals surface area contributed by atoms with Gasteiger partial charge in [0.2, 0.25) is 5.95 Å². The second-order valence-electron chi connectivity index (χ2n) is 2.15. The smallest absolute Gasteiger partial charge is 0.222 e. The fourth-order valence-electron chi connectivity index (χ4n) is 0.734. The van der Waals surface area contributed by atoms with Gasteiger partial charge >= 0.3 is 0 Å². The maximum absolute atomic E-state index is 5.47. The van der Waals surface area contributed by atoms with Gasteiger partial charge < -0.3 is 5.32 Å². The Morgan fingerprint density at radius 3 is 2.67 bits per heavy atom. The molecule has 1 heterocycles. The minimum Gasteiger partial charge on any atom is -0.357 e. The first-order valence-electron chi connectivity index (χ1n) is 3.59. The fourth-order valence-corrected chi connectivity index (χ4v) is 0.823. The highest BCUT2D eigenvalue weighted by atomic mass is 35.5. The summed E-state index contributed by atoms with van der Waals surface area (Å²) in [5, 5.41) is 2.84. The van der Waals surface area contributed by atoms with Gasteiger partial charge in [-0.1, -0.05) is 12.2 Å². The maximum Gasteiger partial charge on any atom is 0.222 e. The van der Waals surface area contributed by atoms with Crippen LogP contribution in [0.25, 0.3) is 6.08 Å². The van der Waals surface area contributed by atoms with Crippen LogP contribution in [-0.2, 0) is 0 Å². The quantitative estimate of drug-likeness (QED) is 0.726. The third kappa shape index (κ3) is 2.51. The number of hydrogen-bond donors (Lipinski definition) is 1. The molecule has 0 amide bonds. The highest BCUT2D eigenvalue weighted by Gasteiger charge is 1.90. The molecular weight excluding hydrogens is 174 g/mol. The Morgan fingerprint density at radius 2 is 2.17 bits per heavy atom. The summed E-state index contributed by atoms with van der Waals surface area (Å²) in [6, 6.07) is 0.